The molecule has 0 amide bonds. The van der Waals surface area contributed by atoms with Crippen LogP contribution in [0.5, 0.6) is 5.75 Å². The lowest BCUT2D eigenvalue weighted by molar-refractivity contribution is 0.0972. The van der Waals surface area contributed by atoms with Gasteiger partial charge >= 0.3 is 0 Å². The minimum absolute atomic E-state index is 0.231. The summed E-state index contributed by atoms with van der Waals surface area (Å²) in [5, 5.41) is 0. The summed E-state index contributed by atoms with van der Waals surface area (Å²) in [6, 6.07) is 18.2. The molecule has 5 rings (SSSR count). The smallest absolute Gasteiger partial charge is 0.163 e. The SMILES string of the molecule is O=C1CCCc2c1ccc(OC(Cn1ccnc1)c1cccnc1)c2Cc1ccccc1. The first-order valence-electron chi connectivity index (χ1n) is 11.0. The van der Waals surface area contributed by atoms with Crippen LogP contribution < -0.4 is 4.74 Å². The molecule has 0 aliphatic heterocycles. The molecule has 0 bridgehead atoms. The van der Waals surface area contributed by atoms with Crippen molar-refractivity contribution in [3.8, 4) is 5.75 Å². The fraction of sp³-hybridized carbons (Fsp3) is 0.222. The Morgan fingerprint density at radius 2 is 1.88 bits per heavy atom. The molecule has 1 unspecified atom stereocenters. The number of carbonyl (C=O) groups excluding carboxylic acids is 1. The van der Waals surface area contributed by atoms with E-state index < -0.39 is 0 Å². The number of imidazole rings is 1. The van der Waals surface area contributed by atoms with Crippen LogP contribution in [0.4, 0.5) is 0 Å². The van der Waals surface area contributed by atoms with E-state index in [1.807, 2.05) is 59.4 Å². The number of carbonyl (C=O) groups is 1. The minimum atomic E-state index is -0.232. The topological polar surface area (TPSA) is 57.0 Å². The van der Waals surface area contributed by atoms with Crippen molar-refractivity contribution in [1.29, 1.82) is 0 Å². The lowest BCUT2D eigenvalue weighted by Crippen LogP contribution is -2.18. The average molecular weight is 424 g/mol. The summed E-state index contributed by atoms with van der Waals surface area (Å²) in [5.74, 6) is 1.06. The largest absolute Gasteiger partial charge is 0.483 e. The summed E-state index contributed by atoms with van der Waals surface area (Å²) in [6.07, 6.45) is 12.0. The van der Waals surface area contributed by atoms with Crippen molar-refractivity contribution in [3.05, 3.63) is 114 Å². The third kappa shape index (κ3) is 4.33. The molecule has 5 nitrogen and oxygen atoms in total. The van der Waals surface area contributed by atoms with E-state index in [1.54, 1.807) is 18.7 Å². The van der Waals surface area contributed by atoms with Crippen LogP contribution in [0.2, 0.25) is 0 Å². The van der Waals surface area contributed by atoms with Gasteiger partial charge in [0.25, 0.3) is 0 Å². The first-order valence-corrected chi connectivity index (χ1v) is 11.0. The second-order valence-electron chi connectivity index (χ2n) is 8.16. The molecule has 0 spiro atoms. The van der Waals surface area contributed by atoms with Gasteiger partial charge in [0.1, 0.15) is 11.9 Å². The Balaban J connectivity index is 1.55. The molecule has 0 saturated carbocycles. The first kappa shape index (κ1) is 20.2. The lowest BCUT2D eigenvalue weighted by atomic mass is 9.85. The van der Waals surface area contributed by atoms with Crippen molar-refractivity contribution in [2.75, 3.05) is 0 Å². The van der Waals surface area contributed by atoms with Crippen LogP contribution in [0.3, 0.4) is 0 Å². The van der Waals surface area contributed by atoms with Crippen molar-refractivity contribution in [2.45, 2.75) is 38.3 Å². The third-order valence-corrected chi connectivity index (χ3v) is 6.00. The number of benzene rings is 2. The van der Waals surface area contributed by atoms with Gasteiger partial charge in [-0.25, -0.2) is 4.98 Å². The zero-order valence-electron chi connectivity index (χ0n) is 17.9. The molecular weight excluding hydrogens is 398 g/mol. The molecule has 5 heteroatoms. The second kappa shape index (κ2) is 9.18. The molecule has 0 fully saturated rings. The molecule has 160 valence electrons. The normalized spacial score (nSPS) is 14.1. The maximum atomic E-state index is 12.6. The highest BCUT2D eigenvalue weighted by atomic mass is 16.5. The summed E-state index contributed by atoms with van der Waals surface area (Å²) in [5.41, 5.74) is 5.30. The van der Waals surface area contributed by atoms with Crippen LogP contribution in [0.1, 0.15) is 51.6 Å². The number of aromatic nitrogens is 3. The van der Waals surface area contributed by atoms with Gasteiger partial charge in [-0.3, -0.25) is 9.78 Å². The maximum Gasteiger partial charge on any atom is 0.163 e. The Hall–Kier alpha value is -3.73. The van der Waals surface area contributed by atoms with Gasteiger partial charge in [-0.15, -0.1) is 0 Å². The van der Waals surface area contributed by atoms with Gasteiger partial charge in [0, 0.05) is 54.3 Å². The van der Waals surface area contributed by atoms with Gasteiger partial charge in [0.2, 0.25) is 0 Å². The first-order chi connectivity index (χ1) is 15.8. The Labute approximate surface area is 187 Å². The Bertz CT molecular complexity index is 1190. The molecule has 4 aromatic rings. The molecule has 2 heterocycles. The number of rotatable bonds is 7. The summed E-state index contributed by atoms with van der Waals surface area (Å²) >= 11 is 0. The van der Waals surface area contributed by atoms with E-state index in [0.717, 1.165) is 47.3 Å². The summed E-state index contributed by atoms with van der Waals surface area (Å²) in [4.78, 5) is 21.1. The molecular formula is C27H25N3O2. The van der Waals surface area contributed by atoms with E-state index in [4.69, 9.17) is 4.74 Å². The van der Waals surface area contributed by atoms with Crippen LogP contribution in [-0.2, 0) is 19.4 Å². The fourth-order valence-corrected chi connectivity index (χ4v) is 4.40. The molecule has 1 aliphatic carbocycles. The number of hydrogen-bond acceptors (Lipinski definition) is 4. The number of hydrogen-bond donors (Lipinski definition) is 0. The second-order valence-corrected chi connectivity index (χ2v) is 8.16. The van der Waals surface area contributed by atoms with Crippen LogP contribution in [0.25, 0.3) is 0 Å². The van der Waals surface area contributed by atoms with Crippen LogP contribution in [0, 0.1) is 0 Å². The van der Waals surface area contributed by atoms with Crippen molar-refractivity contribution < 1.29 is 9.53 Å². The van der Waals surface area contributed by atoms with Gasteiger partial charge < -0.3 is 9.30 Å². The Morgan fingerprint density at radius 3 is 2.66 bits per heavy atom. The minimum Gasteiger partial charge on any atom is -0.483 e. The Kier molecular flexibility index (Phi) is 5.79. The highest BCUT2D eigenvalue weighted by Crippen LogP contribution is 2.35. The average Bonchev–Trinajstić information content (AvgIpc) is 3.35. The molecule has 0 N–H and O–H groups in total. The summed E-state index contributed by atoms with van der Waals surface area (Å²) in [7, 11) is 0. The molecule has 2 aromatic carbocycles. The van der Waals surface area contributed by atoms with Crippen LogP contribution in [-0.4, -0.2) is 20.3 Å². The lowest BCUT2D eigenvalue weighted by Gasteiger charge is -2.25. The number of ketones is 1. The van der Waals surface area contributed by atoms with Crippen molar-refractivity contribution in [1.82, 2.24) is 14.5 Å². The quantitative estimate of drug-likeness (QED) is 0.410. The van der Waals surface area contributed by atoms with Gasteiger partial charge in [-0.2, -0.15) is 0 Å². The van der Waals surface area contributed by atoms with E-state index in [0.29, 0.717) is 13.0 Å². The van der Waals surface area contributed by atoms with Crippen molar-refractivity contribution in [3.63, 3.8) is 0 Å². The monoisotopic (exact) mass is 423 g/mol. The Morgan fingerprint density at radius 1 is 0.969 bits per heavy atom. The van der Waals surface area contributed by atoms with Gasteiger partial charge in [-0.1, -0.05) is 36.4 Å². The van der Waals surface area contributed by atoms with E-state index in [2.05, 4.69) is 22.1 Å². The fourth-order valence-electron chi connectivity index (χ4n) is 4.40. The van der Waals surface area contributed by atoms with Crippen LogP contribution >= 0.6 is 0 Å². The molecule has 0 saturated heterocycles. The predicted molar refractivity (Wildman–Crippen MR) is 123 cm³/mol. The van der Waals surface area contributed by atoms with E-state index in [1.165, 1.54) is 5.56 Å². The van der Waals surface area contributed by atoms with Crippen molar-refractivity contribution in [2.24, 2.45) is 0 Å². The zero-order valence-corrected chi connectivity index (χ0v) is 17.9. The summed E-state index contributed by atoms with van der Waals surface area (Å²) < 4.78 is 8.69. The van der Waals surface area contributed by atoms with E-state index in [-0.39, 0.29) is 11.9 Å². The molecule has 1 atom stereocenters. The van der Waals surface area contributed by atoms with Crippen LogP contribution in [0.15, 0.2) is 85.7 Å². The van der Waals surface area contributed by atoms with E-state index >= 15 is 0 Å². The number of ether oxygens (including phenoxy) is 1. The van der Waals surface area contributed by atoms with Crippen molar-refractivity contribution >= 4 is 5.78 Å². The third-order valence-electron chi connectivity index (χ3n) is 6.00. The zero-order chi connectivity index (χ0) is 21.8. The molecule has 32 heavy (non-hydrogen) atoms. The number of Topliss-reactive ketones (excluding diaryl/α,β-unsaturated/α-hetero) is 1. The maximum absolute atomic E-state index is 12.6. The molecule has 1 aliphatic rings. The van der Waals surface area contributed by atoms with Gasteiger partial charge in [0.15, 0.2) is 5.78 Å². The number of pyridine rings is 1. The highest BCUT2D eigenvalue weighted by Gasteiger charge is 2.24. The number of nitrogens with zero attached hydrogens (tertiary/aromatic N) is 3. The van der Waals surface area contributed by atoms with Gasteiger partial charge in [0.05, 0.1) is 12.9 Å². The summed E-state index contributed by atoms with van der Waals surface area (Å²) in [6.45, 7) is 0.618. The predicted octanol–water partition coefficient (Wildman–Crippen LogP) is 5.21. The molecule has 2 aromatic heterocycles. The van der Waals surface area contributed by atoms with E-state index in [9.17, 15) is 4.79 Å². The number of fused-ring (bicyclic) bond motifs is 1. The molecule has 0 radical (unpaired) electrons. The highest BCUT2D eigenvalue weighted by molar-refractivity contribution is 5.99. The van der Waals surface area contributed by atoms with Gasteiger partial charge in [-0.05, 0) is 42.2 Å². The standard InChI is InChI=1S/C27H25N3O2/c31-25-10-4-9-22-23(25)11-12-26(24(22)16-20-6-2-1-3-7-20)32-27(18-30-15-14-29-19-30)21-8-5-13-28-17-21/h1-3,5-8,11-15,17,19,27H,4,9-10,16,18H2.